The fourth-order valence-corrected chi connectivity index (χ4v) is 4.99. The fourth-order valence-electron chi connectivity index (χ4n) is 3.32. The van der Waals surface area contributed by atoms with E-state index in [0.29, 0.717) is 12.2 Å². The van der Waals surface area contributed by atoms with Gasteiger partial charge in [0, 0.05) is 12.5 Å². The van der Waals surface area contributed by atoms with Crippen molar-refractivity contribution in [3.8, 4) is 5.75 Å². The first-order chi connectivity index (χ1) is 13.3. The zero-order valence-corrected chi connectivity index (χ0v) is 16.3. The van der Waals surface area contributed by atoms with Crippen LogP contribution in [0.1, 0.15) is 24.8 Å². The number of benzene rings is 1. The van der Waals surface area contributed by atoms with E-state index in [1.807, 2.05) is 0 Å². The van der Waals surface area contributed by atoms with Crippen molar-refractivity contribution in [2.75, 3.05) is 18.6 Å². The van der Waals surface area contributed by atoms with E-state index < -0.39 is 21.9 Å². The second-order valence-corrected chi connectivity index (χ2v) is 9.21. The molecule has 0 bridgehead atoms. The Balaban J connectivity index is 1.49. The first-order valence-corrected chi connectivity index (χ1v) is 10.8. The van der Waals surface area contributed by atoms with Gasteiger partial charge in [-0.25, -0.2) is 13.2 Å². The van der Waals surface area contributed by atoms with E-state index in [0.717, 1.165) is 10.5 Å². The number of amides is 4. The zero-order valence-electron chi connectivity index (χ0n) is 15.5. The molecule has 1 aromatic carbocycles. The summed E-state index contributed by atoms with van der Waals surface area (Å²) in [5.74, 6) is 0.0119. The summed E-state index contributed by atoms with van der Waals surface area (Å²) in [5, 5.41) is 5.27. The van der Waals surface area contributed by atoms with Crippen molar-refractivity contribution < 1.29 is 27.5 Å². The van der Waals surface area contributed by atoms with E-state index in [1.54, 1.807) is 31.4 Å². The van der Waals surface area contributed by atoms with Gasteiger partial charge in [-0.15, -0.1) is 0 Å². The van der Waals surface area contributed by atoms with Crippen LogP contribution in [0, 0.1) is 0 Å². The third-order valence-electron chi connectivity index (χ3n) is 4.86. The summed E-state index contributed by atoms with van der Waals surface area (Å²) in [7, 11) is -1.52. The van der Waals surface area contributed by atoms with Crippen molar-refractivity contribution in [1.82, 2.24) is 15.5 Å². The molecule has 152 valence electrons. The molecule has 2 aliphatic rings. The summed E-state index contributed by atoms with van der Waals surface area (Å²) in [4.78, 5) is 37.8. The molecule has 2 aliphatic heterocycles. The smallest absolute Gasteiger partial charge is 0.325 e. The van der Waals surface area contributed by atoms with Gasteiger partial charge in [-0.3, -0.25) is 14.5 Å². The van der Waals surface area contributed by atoms with Gasteiger partial charge in [0.15, 0.2) is 9.84 Å². The third-order valence-corrected chi connectivity index (χ3v) is 6.63. The lowest BCUT2D eigenvalue weighted by Gasteiger charge is -2.14. The Labute approximate surface area is 163 Å². The van der Waals surface area contributed by atoms with E-state index in [-0.39, 0.29) is 48.7 Å². The number of carbonyl (C=O) groups is 3. The van der Waals surface area contributed by atoms with Gasteiger partial charge in [0.25, 0.3) is 5.91 Å². The van der Waals surface area contributed by atoms with Crippen LogP contribution in [0.25, 0.3) is 0 Å². The summed E-state index contributed by atoms with van der Waals surface area (Å²) in [5.41, 5.74) is 0.783. The molecule has 0 spiro atoms. The van der Waals surface area contributed by atoms with Gasteiger partial charge in [0.2, 0.25) is 5.91 Å². The van der Waals surface area contributed by atoms with E-state index in [2.05, 4.69) is 10.6 Å². The minimum atomic E-state index is -3.07. The predicted octanol–water partition coefficient (Wildman–Crippen LogP) is 0.199. The number of ether oxygens (including phenoxy) is 1. The van der Waals surface area contributed by atoms with E-state index >= 15 is 0 Å². The quantitative estimate of drug-likeness (QED) is 0.621. The largest absolute Gasteiger partial charge is 0.497 e. The van der Waals surface area contributed by atoms with Gasteiger partial charge in [-0.1, -0.05) is 12.1 Å². The molecule has 0 aliphatic carbocycles. The summed E-state index contributed by atoms with van der Waals surface area (Å²) in [6.45, 7) is 0.136. The van der Waals surface area contributed by atoms with Gasteiger partial charge in [-0.05, 0) is 30.5 Å². The molecular formula is C18H23N3O6S. The molecular weight excluding hydrogens is 386 g/mol. The van der Waals surface area contributed by atoms with Crippen LogP contribution in [-0.4, -0.2) is 61.9 Å². The molecule has 3 rings (SSSR count). The molecule has 0 radical (unpaired) electrons. The number of imide groups is 1. The number of rotatable bonds is 7. The predicted molar refractivity (Wildman–Crippen MR) is 100 cm³/mol. The van der Waals surface area contributed by atoms with Gasteiger partial charge < -0.3 is 15.4 Å². The van der Waals surface area contributed by atoms with Crippen molar-refractivity contribution in [2.24, 2.45) is 0 Å². The second-order valence-electron chi connectivity index (χ2n) is 6.98. The lowest BCUT2D eigenvalue weighted by molar-refractivity contribution is -0.128. The standard InChI is InChI=1S/C18H23N3O6S/c1-27-14-4-2-12(3-5-14)10-21-17(23)15(20-18(21)24)6-7-16(22)19-13-8-9-28(25,26)11-13/h2-5,13,15H,6-11H2,1H3,(H,19,22)(H,20,24)/t13-,15+/m1/s1. The second kappa shape index (κ2) is 8.17. The molecule has 2 N–H and O–H groups in total. The molecule has 1 aromatic rings. The summed E-state index contributed by atoms with van der Waals surface area (Å²) in [6.07, 6.45) is 0.599. The number of hydrogen-bond donors (Lipinski definition) is 2. The Kier molecular flexibility index (Phi) is 5.87. The maximum atomic E-state index is 12.5. The van der Waals surface area contributed by atoms with E-state index in [4.69, 9.17) is 4.74 Å². The Morgan fingerprint density at radius 1 is 1.29 bits per heavy atom. The van der Waals surface area contributed by atoms with Crippen LogP contribution in [-0.2, 0) is 26.0 Å². The number of carbonyl (C=O) groups excluding carboxylic acids is 3. The van der Waals surface area contributed by atoms with Crippen LogP contribution in [0.15, 0.2) is 24.3 Å². The van der Waals surface area contributed by atoms with Crippen LogP contribution >= 0.6 is 0 Å². The number of sulfone groups is 1. The SMILES string of the molecule is COc1ccc(CN2C(=O)N[C@@H](CCC(=O)N[C@@H]3CCS(=O)(=O)C3)C2=O)cc1. The average Bonchev–Trinajstić information content (AvgIpc) is 3.13. The van der Waals surface area contributed by atoms with Crippen LogP contribution in [0.4, 0.5) is 4.79 Å². The van der Waals surface area contributed by atoms with E-state index in [1.165, 1.54) is 0 Å². The maximum Gasteiger partial charge on any atom is 0.325 e. The molecule has 10 heteroatoms. The molecule has 2 atom stereocenters. The van der Waals surface area contributed by atoms with Crippen molar-refractivity contribution in [3.05, 3.63) is 29.8 Å². The highest BCUT2D eigenvalue weighted by Crippen LogP contribution is 2.18. The Bertz CT molecular complexity index is 868. The van der Waals surface area contributed by atoms with Crippen LogP contribution in [0.3, 0.4) is 0 Å². The molecule has 0 unspecified atom stereocenters. The average molecular weight is 409 g/mol. The highest BCUT2D eigenvalue weighted by Gasteiger charge is 2.38. The van der Waals surface area contributed by atoms with Crippen LogP contribution in [0.2, 0.25) is 0 Å². The monoisotopic (exact) mass is 409 g/mol. The number of nitrogens with one attached hydrogen (secondary N) is 2. The van der Waals surface area contributed by atoms with Crippen LogP contribution in [0.5, 0.6) is 5.75 Å². The zero-order chi connectivity index (χ0) is 20.3. The Morgan fingerprint density at radius 2 is 2.00 bits per heavy atom. The fraction of sp³-hybridized carbons (Fsp3) is 0.500. The minimum absolute atomic E-state index is 0.0314. The van der Waals surface area contributed by atoms with Crippen LogP contribution < -0.4 is 15.4 Å². The van der Waals surface area contributed by atoms with Crippen molar-refractivity contribution >= 4 is 27.7 Å². The first-order valence-electron chi connectivity index (χ1n) is 9.02. The third kappa shape index (κ3) is 4.80. The van der Waals surface area contributed by atoms with Crippen molar-refractivity contribution in [1.29, 1.82) is 0 Å². The van der Waals surface area contributed by atoms with E-state index in [9.17, 15) is 22.8 Å². The van der Waals surface area contributed by atoms with Gasteiger partial charge in [-0.2, -0.15) is 0 Å². The summed E-state index contributed by atoms with van der Waals surface area (Å²) in [6, 6.07) is 5.42. The lowest BCUT2D eigenvalue weighted by atomic mass is 10.1. The topological polar surface area (TPSA) is 122 Å². The van der Waals surface area contributed by atoms with Gasteiger partial charge in [0.1, 0.15) is 11.8 Å². The number of urea groups is 1. The molecule has 4 amide bonds. The highest BCUT2D eigenvalue weighted by molar-refractivity contribution is 7.91. The number of methoxy groups -OCH3 is 1. The van der Waals surface area contributed by atoms with Crippen molar-refractivity contribution in [3.63, 3.8) is 0 Å². The molecule has 28 heavy (non-hydrogen) atoms. The summed E-state index contributed by atoms with van der Waals surface area (Å²) < 4.78 is 27.9. The lowest BCUT2D eigenvalue weighted by Crippen LogP contribution is -2.37. The molecule has 2 saturated heterocycles. The first kappa shape index (κ1) is 20.1. The number of nitrogens with zero attached hydrogens (tertiary/aromatic N) is 1. The maximum absolute atomic E-state index is 12.5. The molecule has 2 heterocycles. The van der Waals surface area contributed by atoms with Gasteiger partial charge >= 0.3 is 6.03 Å². The minimum Gasteiger partial charge on any atom is -0.497 e. The number of hydrogen-bond acceptors (Lipinski definition) is 6. The highest BCUT2D eigenvalue weighted by atomic mass is 32.2. The van der Waals surface area contributed by atoms with Gasteiger partial charge in [0.05, 0.1) is 25.2 Å². The van der Waals surface area contributed by atoms with Crippen molar-refractivity contribution in [2.45, 2.75) is 37.9 Å². The molecule has 0 aromatic heterocycles. The Morgan fingerprint density at radius 3 is 2.61 bits per heavy atom. The Hall–Kier alpha value is -2.62. The molecule has 2 fully saturated rings. The normalized spacial score (nSPS) is 23.5. The molecule has 9 nitrogen and oxygen atoms in total. The summed E-state index contributed by atoms with van der Waals surface area (Å²) >= 11 is 0. The molecule has 0 saturated carbocycles.